The second kappa shape index (κ2) is 10.0. The van der Waals surface area contributed by atoms with Crippen molar-refractivity contribution < 1.29 is 23.8 Å². The third-order valence-electron chi connectivity index (χ3n) is 6.71. The molecule has 184 valence electrons. The molecule has 0 spiro atoms. The Morgan fingerprint density at radius 1 is 1.09 bits per heavy atom. The van der Waals surface area contributed by atoms with Gasteiger partial charge < -0.3 is 15.5 Å². The van der Waals surface area contributed by atoms with E-state index in [2.05, 4.69) is 20.3 Å². The molecule has 0 radical (unpaired) electrons. The van der Waals surface area contributed by atoms with Crippen molar-refractivity contribution in [3.8, 4) is 11.3 Å². The summed E-state index contributed by atoms with van der Waals surface area (Å²) in [7, 11) is 0. The summed E-state index contributed by atoms with van der Waals surface area (Å²) in [5.41, 5.74) is 1.51. The van der Waals surface area contributed by atoms with Gasteiger partial charge in [0.15, 0.2) is 0 Å². The number of aromatic nitrogens is 3. The van der Waals surface area contributed by atoms with Crippen molar-refractivity contribution in [2.75, 3.05) is 5.32 Å². The number of anilines is 2. The minimum atomic E-state index is -2.59. The van der Waals surface area contributed by atoms with Crippen molar-refractivity contribution in [3.63, 3.8) is 0 Å². The Labute approximate surface area is 202 Å². The van der Waals surface area contributed by atoms with E-state index in [0.717, 1.165) is 11.1 Å². The first-order chi connectivity index (χ1) is 16.6. The van der Waals surface area contributed by atoms with Gasteiger partial charge in [-0.05, 0) is 87.4 Å². The molecule has 1 atom stereocenters. The van der Waals surface area contributed by atoms with E-state index in [1.165, 1.54) is 18.3 Å². The Hall–Kier alpha value is -3.46. The lowest BCUT2D eigenvalue weighted by Gasteiger charge is -2.36. The summed E-state index contributed by atoms with van der Waals surface area (Å²) >= 11 is 0. The van der Waals surface area contributed by atoms with Crippen LogP contribution in [0.2, 0.25) is 0 Å². The topological polar surface area (TPSA) is 108 Å². The normalized spacial score (nSPS) is 19.8. The third kappa shape index (κ3) is 5.62. The number of pyridine rings is 3. The zero-order chi connectivity index (χ0) is 25.2. The quantitative estimate of drug-likeness (QED) is 0.401. The largest absolute Gasteiger partial charge is 0.481 e. The van der Waals surface area contributed by atoms with E-state index in [-0.39, 0.29) is 23.2 Å². The summed E-state index contributed by atoms with van der Waals surface area (Å²) < 4.78 is 26.0. The fourth-order valence-corrected chi connectivity index (χ4v) is 4.62. The van der Waals surface area contributed by atoms with Gasteiger partial charge in [0.05, 0.1) is 17.3 Å². The predicted molar refractivity (Wildman–Crippen MR) is 127 cm³/mol. The molecular formula is C26H28F2N4O3. The first kappa shape index (κ1) is 24.7. The highest BCUT2D eigenvalue weighted by molar-refractivity contribution is 5.70. The number of nitrogens with zero attached hydrogens (tertiary/aromatic N) is 3. The van der Waals surface area contributed by atoms with Crippen LogP contribution >= 0.6 is 0 Å². The molecule has 3 aromatic rings. The molecule has 0 saturated heterocycles. The van der Waals surface area contributed by atoms with Crippen LogP contribution in [0.1, 0.15) is 55.9 Å². The van der Waals surface area contributed by atoms with Crippen LogP contribution in [-0.4, -0.2) is 31.1 Å². The predicted octanol–water partition coefficient (Wildman–Crippen LogP) is 5.63. The molecule has 0 aliphatic heterocycles. The molecule has 1 saturated carbocycles. The molecule has 4 rings (SSSR count). The number of rotatable bonds is 7. The number of aliphatic carboxylic acids is 1. The van der Waals surface area contributed by atoms with Gasteiger partial charge in [0.2, 0.25) is 0 Å². The van der Waals surface area contributed by atoms with Gasteiger partial charge in [-0.15, -0.1) is 0 Å². The molecule has 1 aliphatic rings. The van der Waals surface area contributed by atoms with Crippen molar-refractivity contribution in [1.29, 1.82) is 0 Å². The fraction of sp³-hybridized carbons (Fsp3) is 0.385. The molecule has 3 N–H and O–H groups in total. The van der Waals surface area contributed by atoms with E-state index >= 15 is 0 Å². The van der Waals surface area contributed by atoms with Crippen molar-refractivity contribution in [3.05, 3.63) is 65.6 Å². The lowest BCUT2D eigenvalue weighted by atomic mass is 9.73. The van der Waals surface area contributed by atoms with Crippen LogP contribution in [0.3, 0.4) is 0 Å². The number of halogens is 2. The number of nitrogens with one attached hydrogen (secondary N) is 1. The van der Waals surface area contributed by atoms with Crippen molar-refractivity contribution in [2.24, 2.45) is 11.8 Å². The number of carbonyl (C=O) groups is 1. The van der Waals surface area contributed by atoms with E-state index in [1.54, 1.807) is 25.3 Å². The van der Waals surface area contributed by atoms with E-state index in [0.29, 0.717) is 42.9 Å². The van der Waals surface area contributed by atoms with Crippen LogP contribution in [0.5, 0.6) is 0 Å². The minimum Gasteiger partial charge on any atom is -0.481 e. The van der Waals surface area contributed by atoms with Gasteiger partial charge in [-0.1, -0.05) is 0 Å². The summed E-state index contributed by atoms with van der Waals surface area (Å²) in [5, 5.41) is 23.4. The number of alkyl halides is 2. The monoisotopic (exact) mass is 482 g/mol. The highest BCUT2D eigenvalue weighted by Crippen LogP contribution is 2.40. The second-order valence-corrected chi connectivity index (χ2v) is 9.28. The molecule has 1 unspecified atom stereocenters. The average Bonchev–Trinajstić information content (AvgIpc) is 2.84. The molecular weight excluding hydrogens is 454 g/mol. The van der Waals surface area contributed by atoms with Gasteiger partial charge in [0.1, 0.15) is 17.2 Å². The second-order valence-electron chi connectivity index (χ2n) is 9.28. The fourth-order valence-electron chi connectivity index (χ4n) is 4.62. The molecule has 9 heteroatoms. The lowest BCUT2D eigenvalue weighted by molar-refractivity contribution is -0.144. The molecule has 0 aromatic carbocycles. The van der Waals surface area contributed by atoms with Gasteiger partial charge in [-0.3, -0.25) is 9.78 Å². The number of hydrogen-bond donors (Lipinski definition) is 3. The van der Waals surface area contributed by atoms with Crippen LogP contribution in [0.25, 0.3) is 11.3 Å². The Kier molecular flexibility index (Phi) is 7.07. The molecule has 3 aromatic heterocycles. The lowest BCUT2D eigenvalue weighted by Crippen LogP contribution is -2.36. The summed E-state index contributed by atoms with van der Waals surface area (Å²) in [4.78, 5) is 24.4. The maximum absolute atomic E-state index is 13.0. The summed E-state index contributed by atoms with van der Waals surface area (Å²) in [6.45, 7) is 3.63. The molecule has 1 aliphatic carbocycles. The molecule has 35 heavy (non-hydrogen) atoms. The Morgan fingerprint density at radius 2 is 1.83 bits per heavy atom. The van der Waals surface area contributed by atoms with Crippen LogP contribution in [-0.2, 0) is 10.4 Å². The SMILES string of the molecule is Cc1cc(Nc2cc(C(F)F)ccn2)nc(-c2ccc(C(C)(O)[C@H]3CC[C@H](C(=O)O)CC3)nc2)c1. The number of hydrogen-bond acceptors (Lipinski definition) is 6. The standard InChI is InChI=1S/C26H28F2N4O3/c1-15-11-20(31-23(12-15)32-22-13-17(24(27)28)9-10-29-22)18-5-8-21(30-14-18)26(2,35)19-6-3-16(4-7-19)25(33)34/h5,8-14,16,19,24,35H,3-4,6-7H2,1-2H3,(H,33,34)(H,29,31,32)/t16-,19-,26?. The number of aliphatic hydroxyl groups is 1. The Balaban J connectivity index is 1.52. The number of carboxylic acids is 1. The van der Waals surface area contributed by atoms with Crippen LogP contribution in [0, 0.1) is 18.8 Å². The van der Waals surface area contributed by atoms with Gasteiger partial charge in [-0.25, -0.2) is 18.7 Å². The average molecular weight is 483 g/mol. The van der Waals surface area contributed by atoms with Crippen LogP contribution < -0.4 is 5.32 Å². The highest BCUT2D eigenvalue weighted by atomic mass is 19.3. The molecule has 0 bridgehead atoms. The van der Waals surface area contributed by atoms with E-state index in [1.807, 2.05) is 19.1 Å². The van der Waals surface area contributed by atoms with Crippen LogP contribution in [0.15, 0.2) is 48.8 Å². The van der Waals surface area contributed by atoms with Gasteiger partial charge in [0, 0.05) is 23.5 Å². The summed E-state index contributed by atoms with van der Waals surface area (Å²) in [6.07, 6.45) is 2.73. The van der Waals surface area contributed by atoms with E-state index in [9.17, 15) is 23.8 Å². The number of carboxylic acid groups (broad SMARTS) is 1. The smallest absolute Gasteiger partial charge is 0.306 e. The van der Waals surface area contributed by atoms with Gasteiger partial charge >= 0.3 is 5.97 Å². The third-order valence-corrected chi connectivity index (χ3v) is 6.71. The summed E-state index contributed by atoms with van der Waals surface area (Å²) in [6, 6.07) is 9.84. The molecule has 0 amide bonds. The van der Waals surface area contributed by atoms with E-state index < -0.39 is 18.0 Å². The number of aryl methyl sites for hydroxylation is 1. The molecule has 3 heterocycles. The van der Waals surface area contributed by atoms with Crippen molar-refractivity contribution >= 4 is 17.6 Å². The van der Waals surface area contributed by atoms with Crippen molar-refractivity contribution in [1.82, 2.24) is 15.0 Å². The maximum Gasteiger partial charge on any atom is 0.306 e. The van der Waals surface area contributed by atoms with Gasteiger partial charge in [-0.2, -0.15) is 0 Å². The first-order valence-corrected chi connectivity index (χ1v) is 11.6. The zero-order valence-electron chi connectivity index (χ0n) is 19.6. The highest BCUT2D eigenvalue weighted by Gasteiger charge is 2.38. The molecule has 1 fully saturated rings. The minimum absolute atomic E-state index is 0.0687. The van der Waals surface area contributed by atoms with Gasteiger partial charge in [0.25, 0.3) is 6.43 Å². The zero-order valence-corrected chi connectivity index (χ0v) is 19.6. The Bertz CT molecular complexity index is 1190. The first-order valence-electron chi connectivity index (χ1n) is 11.6. The molecule has 7 nitrogen and oxygen atoms in total. The Morgan fingerprint density at radius 3 is 2.46 bits per heavy atom. The maximum atomic E-state index is 13.0. The van der Waals surface area contributed by atoms with Crippen molar-refractivity contribution in [2.45, 2.75) is 51.6 Å². The summed E-state index contributed by atoms with van der Waals surface area (Å²) in [5.74, 6) is -0.455. The van der Waals surface area contributed by atoms with E-state index in [4.69, 9.17) is 0 Å². The van der Waals surface area contributed by atoms with Crippen LogP contribution in [0.4, 0.5) is 20.4 Å².